The van der Waals surface area contributed by atoms with E-state index in [1.54, 1.807) is 12.0 Å². The zero-order valence-electron chi connectivity index (χ0n) is 13.4. The normalized spacial score (nSPS) is 24.7. The fourth-order valence-corrected chi connectivity index (χ4v) is 3.85. The Morgan fingerprint density at radius 2 is 2.04 bits per heavy atom. The summed E-state index contributed by atoms with van der Waals surface area (Å²) in [5, 5.41) is 3.09. The van der Waals surface area contributed by atoms with Crippen molar-refractivity contribution in [2.24, 2.45) is 0 Å². The number of hydrogen-bond acceptors (Lipinski definition) is 3. The van der Waals surface area contributed by atoms with E-state index in [0.717, 1.165) is 27.2 Å². The van der Waals surface area contributed by atoms with Crippen LogP contribution in [0.5, 0.6) is 11.5 Å². The first-order chi connectivity index (χ1) is 11.5. The maximum atomic E-state index is 12.8. The highest BCUT2D eigenvalue weighted by molar-refractivity contribution is 9.10. The molecule has 2 aliphatic heterocycles. The van der Waals surface area contributed by atoms with Gasteiger partial charge in [-0.3, -0.25) is 4.90 Å². The van der Waals surface area contributed by atoms with Gasteiger partial charge in [0.25, 0.3) is 0 Å². The third kappa shape index (κ3) is 2.33. The van der Waals surface area contributed by atoms with Crippen LogP contribution in [0.15, 0.2) is 46.9 Å². The largest absolute Gasteiger partial charge is 0.497 e. The molecule has 0 aromatic heterocycles. The van der Waals surface area contributed by atoms with Gasteiger partial charge in [0.15, 0.2) is 5.72 Å². The van der Waals surface area contributed by atoms with Crippen molar-refractivity contribution in [3.63, 3.8) is 0 Å². The number of ether oxygens (including phenoxy) is 2. The summed E-state index contributed by atoms with van der Waals surface area (Å²) < 4.78 is 12.4. The predicted molar refractivity (Wildman–Crippen MR) is 94.5 cm³/mol. The number of anilines is 1. The van der Waals surface area contributed by atoms with Crippen molar-refractivity contribution in [2.75, 3.05) is 12.0 Å². The maximum Gasteiger partial charge on any atom is 0.325 e. The molecular formula is C18H17BrN2O3. The van der Waals surface area contributed by atoms with Gasteiger partial charge >= 0.3 is 6.03 Å². The second-order valence-electron chi connectivity index (χ2n) is 6.20. The van der Waals surface area contributed by atoms with Crippen LogP contribution in [0.1, 0.15) is 24.9 Å². The molecule has 0 unspecified atom stereocenters. The summed E-state index contributed by atoms with van der Waals surface area (Å²) >= 11 is 3.48. The molecule has 24 heavy (non-hydrogen) atoms. The topological polar surface area (TPSA) is 50.8 Å². The van der Waals surface area contributed by atoms with Gasteiger partial charge in [-0.15, -0.1) is 0 Å². The average Bonchev–Trinajstić information content (AvgIpc) is 2.55. The molecule has 1 N–H and O–H groups in total. The van der Waals surface area contributed by atoms with E-state index < -0.39 is 5.72 Å². The molecule has 2 atom stereocenters. The van der Waals surface area contributed by atoms with Gasteiger partial charge in [-0.1, -0.05) is 15.9 Å². The van der Waals surface area contributed by atoms with Crippen LogP contribution in [0.3, 0.4) is 0 Å². The minimum atomic E-state index is -0.734. The molecule has 4 rings (SSSR count). The molecule has 2 aliphatic rings. The number of hydrogen-bond donors (Lipinski definition) is 1. The van der Waals surface area contributed by atoms with E-state index in [0.29, 0.717) is 6.42 Å². The monoisotopic (exact) mass is 388 g/mol. The second-order valence-corrected chi connectivity index (χ2v) is 7.11. The molecule has 0 spiro atoms. The number of benzene rings is 2. The van der Waals surface area contributed by atoms with Gasteiger partial charge in [0, 0.05) is 22.1 Å². The SMILES string of the molecule is COc1ccc(N2C(=O)N[C@H]3C[C@@]2(C)Oc2ccc(Br)cc23)cc1. The summed E-state index contributed by atoms with van der Waals surface area (Å²) in [4.78, 5) is 14.4. The molecule has 2 aromatic rings. The third-order valence-corrected chi connectivity index (χ3v) is 5.06. The smallest absolute Gasteiger partial charge is 0.325 e. The van der Waals surface area contributed by atoms with E-state index in [9.17, 15) is 4.79 Å². The highest BCUT2D eigenvalue weighted by atomic mass is 79.9. The van der Waals surface area contributed by atoms with Crippen LogP contribution < -0.4 is 19.7 Å². The predicted octanol–water partition coefficient (Wildman–Crippen LogP) is 4.23. The van der Waals surface area contributed by atoms with Crippen molar-refractivity contribution in [1.82, 2.24) is 5.32 Å². The Kier molecular flexibility index (Phi) is 3.46. The van der Waals surface area contributed by atoms with E-state index in [4.69, 9.17) is 9.47 Å². The molecule has 0 aliphatic carbocycles. The number of rotatable bonds is 2. The van der Waals surface area contributed by atoms with Gasteiger partial charge in [0.05, 0.1) is 13.2 Å². The molecule has 2 amide bonds. The van der Waals surface area contributed by atoms with Gasteiger partial charge in [0.1, 0.15) is 11.5 Å². The summed E-state index contributed by atoms with van der Waals surface area (Å²) in [5.74, 6) is 1.55. The van der Waals surface area contributed by atoms with Crippen molar-refractivity contribution in [2.45, 2.75) is 25.1 Å². The van der Waals surface area contributed by atoms with E-state index in [1.165, 1.54) is 0 Å². The van der Waals surface area contributed by atoms with Crippen LogP contribution in [0.4, 0.5) is 10.5 Å². The zero-order valence-corrected chi connectivity index (χ0v) is 15.0. The van der Waals surface area contributed by atoms with Crippen molar-refractivity contribution in [3.05, 3.63) is 52.5 Å². The lowest BCUT2D eigenvalue weighted by molar-refractivity contribution is 0.0378. The summed E-state index contributed by atoms with van der Waals surface area (Å²) in [7, 11) is 1.62. The fraction of sp³-hybridized carbons (Fsp3) is 0.278. The van der Waals surface area contributed by atoms with E-state index in [1.807, 2.05) is 49.4 Å². The van der Waals surface area contributed by atoms with Gasteiger partial charge in [-0.25, -0.2) is 4.79 Å². The lowest BCUT2D eigenvalue weighted by atomic mass is 9.90. The summed E-state index contributed by atoms with van der Waals surface area (Å²) in [6.45, 7) is 1.95. The first kappa shape index (κ1) is 15.3. The lowest BCUT2D eigenvalue weighted by Gasteiger charge is -2.50. The molecule has 124 valence electrons. The number of fused-ring (bicyclic) bond motifs is 4. The molecule has 0 saturated carbocycles. The van der Waals surface area contributed by atoms with Crippen LogP contribution in [-0.4, -0.2) is 18.9 Å². The number of carbonyl (C=O) groups excluding carboxylic acids is 1. The number of nitrogens with zero attached hydrogens (tertiary/aromatic N) is 1. The Morgan fingerprint density at radius 1 is 1.29 bits per heavy atom. The van der Waals surface area contributed by atoms with Gasteiger partial charge in [-0.05, 0) is 49.4 Å². The summed E-state index contributed by atoms with van der Waals surface area (Å²) in [6.07, 6.45) is 0.675. The molecule has 2 aromatic carbocycles. The molecule has 1 fully saturated rings. The summed E-state index contributed by atoms with van der Waals surface area (Å²) in [6, 6.07) is 13.1. The highest BCUT2D eigenvalue weighted by Gasteiger charge is 2.49. The Labute approximate surface area is 148 Å². The van der Waals surface area contributed by atoms with Crippen molar-refractivity contribution in [3.8, 4) is 11.5 Å². The molecule has 2 heterocycles. The standard InChI is InChI=1S/C18H17BrN2O3/c1-18-10-15(14-9-11(19)3-8-16(14)24-18)20-17(22)21(18)12-4-6-13(23-2)7-5-12/h3-9,15H,10H2,1-2H3,(H,20,22)/t15-,18+/m0/s1. The van der Waals surface area contributed by atoms with Crippen LogP contribution in [0.25, 0.3) is 0 Å². The van der Waals surface area contributed by atoms with Gasteiger partial charge < -0.3 is 14.8 Å². The molecule has 1 saturated heterocycles. The Bertz CT molecular complexity index is 808. The molecular weight excluding hydrogens is 372 g/mol. The third-order valence-electron chi connectivity index (χ3n) is 4.56. The molecule has 0 radical (unpaired) electrons. The number of nitrogens with one attached hydrogen (secondary N) is 1. The van der Waals surface area contributed by atoms with Crippen LogP contribution in [0.2, 0.25) is 0 Å². The number of amides is 2. The quantitative estimate of drug-likeness (QED) is 0.837. The minimum absolute atomic E-state index is 0.0572. The maximum absolute atomic E-state index is 12.8. The highest BCUT2D eigenvalue weighted by Crippen LogP contribution is 2.46. The van der Waals surface area contributed by atoms with Crippen LogP contribution in [-0.2, 0) is 0 Å². The fourth-order valence-electron chi connectivity index (χ4n) is 3.47. The number of carbonyl (C=O) groups is 1. The van der Waals surface area contributed by atoms with Crippen molar-refractivity contribution < 1.29 is 14.3 Å². The van der Waals surface area contributed by atoms with E-state index in [2.05, 4.69) is 21.2 Å². The Morgan fingerprint density at radius 3 is 2.75 bits per heavy atom. The van der Waals surface area contributed by atoms with Crippen molar-refractivity contribution in [1.29, 1.82) is 0 Å². The first-order valence-electron chi connectivity index (χ1n) is 7.73. The molecule has 2 bridgehead atoms. The van der Waals surface area contributed by atoms with E-state index in [-0.39, 0.29) is 12.1 Å². The van der Waals surface area contributed by atoms with Crippen molar-refractivity contribution >= 4 is 27.6 Å². The van der Waals surface area contributed by atoms with Crippen LogP contribution in [0, 0.1) is 0 Å². The zero-order chi connectivity index (χ0) is 16.9. The Hall–Kier alpha value is -2.21. The minimum Gasteiger partial charge on any atom is -0.497 e. The van der Waals surface area contributed by atoms with Gasteiger partial charge in [-0.2, -0.15) is 0 Å². The average molecular weight is 389 g/mol. The Balaban J connectivity index is 1.76. The first-order valence-corrected chi connectivity index (χ1v) is 8.53. The number of urea groups is 1. The van der Waals surface area contributed by atoms with Gasteiger partial charge in [0.2, 0.25) is 0 Å². The number of methoxy groups -OCH3 is 1. The number of halogens is 1. The van der Waals surface area contributed by atoms with Crippen LogP contribution >= 0.6 is 15.9 Å². The molecule has 5 nitrogen and oxygen atoms in total. The second kappa shape index (κ2) is 5.41. The van der Waals surface area contributed by atoms with E-state index >= 15 is 0 Å². The molecule has 6 heteroatoms. The summed E-state index contributed by atoms with van der Waals surface area (Å²) in [5.41, 5.74) is 1.04. The lowest BCUT2D eigenvalue weighted by Crippen LogP contribution is -2.65.